The summed E-state index contributed by atoms with van der Waals surface area (Å²) in [6.45, 7) is 1.12. The van der Waals surface area contributed by atoms with E-state index in [0.717, 1.165) is 23.0 Å². The second-order valence-corrected chi connectivity index (χ2v) is 3.77. The Bertz CT molecular complexity index is 531. The van der Waals surface area contributed by atoms with E-state index in [1.54, 1.807) is 0 Å². The van der Waals surface area contributed by atoms with E-state index in [-0.39, 0.29) is 0 Å². The van der Waals surface area contributed by atoms with Crippen LogP contribution >= 0.6 is 0 Å². The summed E-state index contributed by atoms with van der Waals surface area (Å²) < 4.78 is 5.33. The SMILES string of the molecule is N#CCCOCCc1ccc2ccccc2n1. The highest BCUT2D eigenvalue weighted by atomic mass is 16.5. The first-order valence-electron chi connectivity index (χ1n) is 5.69. The summed E-state index contributed by atoms with van der Waals surface area (Å²) in [4.78, 5) is 4.55. The minimum Gasteiger partial charge on any atom is -0.380 e. The van der Waals surface area contributed by atoms with Gasteiger partial charge in [0.15, 0.2) is 0 Å². The Kier molecular flexibility index (Phi) is 4.06. The van der Waals surface area contributed by atoms with Crippen molar-refractivity contribution >= 4 is 10.9 Å². The van der Waals surface area contributed by atoms with Crippen molar-refractivity contribution in [3.8, 4) is 6.07 Å². The molecule has 3 nitrogen and oxygen atoms in total. The van der Waals surface area contributed by atoms with Crippen LogP contribution in [0.4, 0.5) is 0 Å². The van der Waals surface area contributed by atoms with Gasteiger partial charge < -0.3 is 4.74 Å². The number of nitriles is 1. The van der Waals surface area contributed by atoms with Crippen LogP contribution in [0.5, 0.6) is 0 Å². The lowest BCUT2D eigenvalue weighted by molar-refractivity contribution is 0.142. The Hall–Kier alpha value is -1.92. The van der Waals surface area contributed by atoms with Crippen molar-refractivity contribution in [3.63, 3.8) is 0 Å². The van der Waals surface area contributed by atoms with Crippen LogP contribution in [0.15, 0.2) is 36.4 Å². The molecule has 3 heteroatoms. The molecule has 0 atom stereocenters. The monoisotopic (exact) mass is 226 g/mol. The Morgan fingerprint density at radius 3 is 2.88 bits per heavy atom. The highest BCUT2D eigenvalue weighted by Gasteiger charge is 1.98. The molecule has 0 aliphatic heterocycles. The lowest BCUT2D eigenvalue weighted by atomic mass is 10.2. The molecule has 1 heterocycles. The van der Waals surface area contributed by atoms with Crippen molar-refractivity contribution < 1.29 is 4.74 Å². The maximum Gasteiger partial charge on any atom is 0.0705 e. The lowest BCUT2D eigenvalue weighted by Gasteiger charge is -2.03. The molecule has 86 valence electrons. The first-order chi connectivity index (χ1) is 8.40. The first kappa shape index (κ1) is 11.6. The third kappa shape index (κ3) is 3.27. The predicted octanol–water partition coefficient (Wildman–Crippen LogP) is 2.71. The fraction of sp³-hybridized carbons (Fsp3) is 0.286. The Morgan fingerprint density at radius 1 is 1.12 bits per heavy atom. The molecule has 1 aromatic carbocycles. The number of hydrogen-bond acceptors (Lipinski definition) is 3. The van der Waals surface area contributed by atoms with Crippen LogP contribution in [-0.4, -0.2) is 18.2 Å². The second kappa shape index (κ2) is 5.97. The number of ether oxygens (including phenoxy) is 1. The molecule has 0 spiro atoms. The molecule has 0 bridgehead atoms. The first-order valence-corrected chi connectivity index (χ1v) is 5.69. The zero-order valence-corrected chi connectivity index (χ0v) is 9.60. The van der Waals surface area contributed by atoms with E-state index in [1.165, 1.54) is 0 Å². The summed E-state index contributed by atoms with van der Waals surface area (Å²) in [7, 11) is 0. The zero-order chi connectivity index (χ0) is 11.9. The van der Waals surface area contributed by atoms with Gasteiger partial charge in [-0.1, -0.05) is 24.3 Å². The fourth-order valence-electron chi connectivity index (χ4n) is 1.64. The minimum atomic E-state index is 0.450. The van der Waals surface area contributed by atoms with Gasteiger partial charge in [0, 0.05) is 17.5 Å². The molecule has 0 saturated heterocycles. The average molecular weight is 226 g/mol. The topological polar surface area (TPSA) is 45.9 Å². The summed E-state index contributed by atoms with van der Waals surface area (Å²) in [6, 6.07) is 14.2. The molecule has 0 saturated carbocycles. The van der Waals surface area contributed by atoms with Crippen LogP contribution < -0.4 is 0 Å². The van der Waals surface area contributed by atoms with E-state index in [0.29, 0.717) is 19.6 Å². The second-order valence-electron chi connectivity index (χ2n) is 3.77. The smallest absolute Gasteiger partial charge is 0.0705 e. The zero-order valence-electron chi connectivity index (χ0n) is 9.60. The fourth-order valence-corrected chi connectivity index (χ4v) is 1.64. The number of benzene rings is 1. The van der Waals surface area contributed by atoms with Gasteiger partial charge in [-0.3, -0.25) is 4.98 Å². The highest BCUT2D eigenvalue weighted by molar-refractivity contribution is 5.78. The van der Waals surface area contributed by atoms with E-state index >= 15 is 0 Å². The van der Waals surface area contributed by atoms with Crippen molar-refractivity contribution in [3.05, 3.63) is 42.1 Å². The van der Waals surface area contributed by atoms with Crippen molar-refractivity contribution in [2.75, 3.05) is 13.2 Å². The van der Waals surface area contributed by atoms with Crippen LogP contribution in [0, 0.1) is 11.3 Å². The van der Waals surface area contributed by atoms with Gasteiger partial charge in [0.25, 0.3) is 0 Å². The largest absolute Gasteiger partial charge is 0.380 e. The molecule has 2 rings (SSSR count). The number of fused-ring (bicyclic) bond motifs is 1. The van der Waals surface area contributed by atoms with Crippen molar-refractivity contribution in [1.82, 2.24) is 4.98 Å². The summed E-state index contributed by atoms with van der Waals surface area (Å²) >= 11 is 0. The molecule has 0 aliphatic carbocycles. The van der Waals surface area contributed by atoms with Gasteiger partial charge in [0.2, 0.25) is 0 Å². The van der Waals surface area contributed by atoms with Crippen molar-refractivity contribution in [1.29, 1.82) is 5.26 Å². The van der Waals surface area contributed by atoms with Gasteiger partial charge in [-0.2, -0.15) is 5.26 Å². The molecule has 0 aliphatic rings. The van der Waals surface area contributed by atoms with Gasteiger partial charge in [0.05, 0.1) is 31.2 Å². The molecular formula is C14H14N2O. The summed E-state index contributed by atoms with van der Waals surface area (Å²) in [5.74, 6) is 0. The van der Waals surface area contributed by atoms with Gasteiger partial charge >= 0.3 is 0 Å². The van der Waals surface area contributed by atoms with E-state index in [1.807, 2.05) is 30.3 Å². The van der Waals surface area contributed by atoms with E-state index in [2.05, 4.69) is 17.1 Å². The summed E-state index contributed by atoms with van der Waals surface area (Å²) in [6.07, 6.45) is 1.24. The third-order valence-electron chi connectivity index (χ3n) is 2.52. The Labute approximate surface area is 101 Å². The van der Waals surface area contributed by atoms with E-state index in [9.17, 15) is 0 Å². The standard InChI is InChI=1S/C14H14N2O/c15-9-3-10-17-11-8-13-7-6-12-4-1-2-5-14(12)16-13/h1-2,4-7H,3,8,10-11H2. The van der Waals surface area contributed by atoms with Gasteiger partial charge in [-0.15, -0.1) is 0 Å². The highest BCUT2D eigenvalue weighted by Crippen LogP contribution is 2.11. The number of pyridine rings is 1. The van der Waals surface area contributed by atoms with Gasteiger partial charge in [0.1, 0.15) is 0 Å². The lowest BCUT2D eigenvalue weighted by Crippen LogP contribution is -2.01. The number of nitrogens with zero attached hydrogens (tertiary/aromatic N) is 2. The van der Waals surface area contributed by atoms with Crippen LogP contribution in [0.25, 0.3) is 10.9 Å². The Balaban J connectivity index is 1.93. The predicted molar refractivity (Wildman–Crippen MR) is 66.5 cm³/mol. The molecular weight excluding hydrogens is 212 g/mol. The normalized spacial score (nSPS) is 10.3. The Morgan fingerprint density at radius 2 is 2.00 bits per heavy atom. The maximum atomic E-state index is 8.36. The van der Waals surface area contributed by atoms with Crippen LogP contribution in [0.2, 0.25) is 0 Å². The van der Waals surface area contributed by atoms with Crippen molar-refractivity contribution in [2.24, 2.45) is 0 Å². The molecule has 0 fully saturated rings. The summed E-state index contributed by atoms with van der Waals surface area (Å²) in [5.41, 5.74) is 2.04. The van der Waals surface area contributed by atoms with E-state index in [4.69, 9.17) is 10.00 Å². The van der Waals surface area contributed by atoms with E-state index < -0.39 is 0 Å². The molecule has 17 heavy (non-hydrogen) atoms. The number of para-hydroxylation sites is 1. The third-order valence-corrected chi connectivity index (χ3v) is 2.52. The van der Waals surface area contributed by atoms with Crippen LogP contribution in [0.1, 0.15) is 12.1 Å². The molecule has 2 aromatic rings. The molecule has 1 aromatic heterocycles. The number of aromatic nitrogens is 1. The molecule has 0 N–H and O–H groups in total. The number of rotatable bonds is 5. The minimum absolute atomic E-state index is 0.450. The average Bonchev–Trinajstić information content (AvgIpc) is 2.38. The van der Waals surface area contributed by atoms with Gasteiger partial charge in [-0.05, 0) is 12.1 Å². The maximum absolute atomic E-state index is 8.36. The molecule has 0 radical (unpaired) electrons. The van der Waals surface area contributed by atoms with Crippen LogP contribution in [0.3, 0.4) is 0 Å². The quantitative estimate of drug-likeness (QED) is 0.736. The van der Waals surface area contributed by atoms with Crippen molar-refractivity contribution in [2.45, 2.75) is 12.8 Å². The molecule has 0 amide bonds. The summed E-state index contributed by atoms with van der Waals surface area (Å²) in [5, 5.41) is 9.51. The van der Waals surface area contributed by atoms with Gasteiger partial charge in [-0.25, -0.2) is 0 Å². The number of hydrogen-bond donors (Lipinski definition) is 0. The van der Waals surface area contributed by atoms with Crippen LogP contribution in [-0.2, 0) is 11.2 Å². The molecule has 0 unspecified atom stereocenters.